The topological polar surface area (TPSA) is 48.0 Å². The first kappa shape index (κ1) is 17.4. The molecule has 2 aromatic rings. The summed E-state index contributed by atoms with van der Waals surface area (Å²) in [5, 5.41) is 2.05. The average molecular weight is 373 g/mol. The highest BCUT2D eigenvalue weighted by atomic mass is 32.1. The van der Waals surface area contributed by atoms with Gasteiger partial charge < -0.3 is 19.1 Å². The molecule has 2 aliphatic rings. The second kappa shape index (κ2) is 8.10. The predicted octanol–water partition coefficient (Wildman–Crippen LogP) is 3.62. The molecule has 0 aliphatic carbocycles. The number of rotatable bonds is 7. The van der Waals surface area contributed by atoms with E-state index < -0.39 is 0 Å². The van der Waals surface area contributed by atoms with E-state index in [4.69, 9.17) is 14.2 Å². The number of hydrogen-bond donors (Lipinski definition) is 0. The van der Waals surface area contributed by atoms with E-state index >= 15 is 0 Å². The molecule has 26 heavy (non-hydrogen) atoms. The van der Waals surface area contributed by atoms with Crippen molar-refractivity contribution in [3.63, 3.8) is 0 Å². The van der Waals surface area contributed by atoms with Crippen molar-refractivity contribution in [1.82, 2.24) is 4.90 Å². The molecule has 1 atom stereocenters. The minimum Gasteiger partial charge on any atom is -0.454 e. The molecule has 0 radical (unpaired) electrons. The Morgan fingerprint density at radius 2 is 2.15 bits per heavy atom. The summed E-state index contributed by atoms with van der Waals surface area (Å²) < 4.78 is 16.5. The molecule has 1 aromatic heterocycles. The Balaban J connectivity index is 1.38. The third-order valence-corrected chi connectivity index (χ3v) is 5.65. The highest BCUT2D eigenvalue weighted by molar-refractivity contribution is 7.09. The van der Waals surface area contributed by atoms with Crippen LogP contribution in [0.1, 0.15) is 29.7 Å². The van der Waals surface area contributed by atoms with Crippen molar-refractivity contribution in [3.05, 3.63) is 46.2 Å². The molecular formula is C20H23NO4S. The molecule has 1 saturated heterocycles. The van der Waals surface area contributed by atoms with Crippen LogP contribution in [0.25, 0.3) is 0 Å². The molecule has 1 amide bonds. The van der Waals surface area contributed by atoms with Crippen molar-refractivity contribution in [2.45, 2.75) is 38.3 Å². The molecule has 138 valence electrons. The highest BCUT2D eigenvalue weighted by Gasteiger charge is 2.23. The largest absolute Gasteiger partial charge is 0.454 e. The van der Waals surface area contributed by atoms with Crippen LogP contribution in [0.4, 0.5) is 0 Å². The number of nitrogens with zero attached hydrogens (tertiary/aromatic N) is 1. The van der Waals surface area contributed by atoms with Crippen molar-refractivity contribution in [1.29, 1.82) is 0 Å². The molecule has 0 bridgehead atoms. The average Bonchev–Trinajstić information content (AvgIpc) is 3.40. The van der Waals surface area contributed by atoms with Crippen LogP contribution in [0, 0.1) is 0 Å². The van der Waals surface area contributed by atoms with E-state index in [0.717, 1.165) is 36.5 Å². The zero-order valence-corrected chi connectivity index (χ0v) is 15.5. The monoisotopic (exact) mass is 373 g/mol. The zero-order valence-electron chi connectivity index (χ0n) is 14.7. The van der Waals surface area contributed by atoms with Gasteiger partial charge in [-0.3, -0.25) is 4.79 Å². The summed E-state index contributed by atoms with van der Waals surface area (Å²) in [6.07, 6.45) is 3.48. The number of thiophene rings is 1. The first-order valence-corrected chi connectivity index (χ1v) is 9.96. The lowest BCUT2D eigenvalue weighted by atomic mass is 10.1. The Hall–Kier alpha value is -2.05. The second-order valence-electron chi connectivity index (χ2n) is 6.68. The van der Waals surface area contributed by atoms with Gasteiger partial charge in [0.1, 0.15) is 0 Å². The van der Waals surface area contributed by atoms with Crippen LogP contribution in [0.3, 0.4) is 0 Å². The van der Waals surface area contributed by atoms with E-state index in [1.54, 1.807) is 11.3 Å². The van der Waals surface area contributed by atoms with Crippen molar-refractivity contribution in [2.75, 3.05) is 19.9 Å². The second-order valence-corrected chi connectivity index (χ2v) is 7.71. The van der Waals surface area contributed by atoms with Crippen molar-refractivity contribution in [3.8, 4) is 11.5 Å². The molecule has 6 heteroatoms. The fraction of sp³-hybridized carbons (Fsp3) is 0.450. The lowest BCUT2D eigenvalue weighted by molar-refractivity contribution is -0.133. The van der Waals surface area contributed by atoms with Gasteiger partial charge in [0, 0.05) is 24.4 Å². The summed E-state index contributed by atoms with van der Waals surface area (Å²) in [7, 11) is 0. The predicted molar refractivity (Wildman–Crippen MR) is 99.6 cm³/mol. The lowest BCUT2D eigenvalue weighted by Crippen LogP contribution is -2.36. The van der Waals surface area contributed by atoms with Gasteiger partial charge in [-0.25, -0.2) is 0 Å². The maximum atomic E-state index is 12.9. The molecule has 1 aromatic carbocycles. The number of ether oxygens (including phenoxy) is 3. The van der Waals surface area contributed by atoms with Gasteiger partial charge >= 0.3 is 0 Å². The first-order chi connectivity index (χ1) is 12.8. The van der Waals surface area contributed by atoms with Gasteiger partial charge in [0.15, 0.2) is 11.5 Å². The molecule has 1 fully saturated rings. The van der Waals surface area contributed by atoms with Crippen molar-refractivity contribution in [2.24, 2.45) is 0 Å². The Morgan fingerprint density at radius 1 is 1.23 bits per heavy atom. The zero-order chi connectivity index (χ0) is 17.8. The molecular weight excluding hydrogens is 350 g/mol. The maximum Gasteiger partial charge on any atom is 0.231 e. The summed E-state index contributed by atoms with van der Waals surface area (Å²) in [5.41, 5.74) is 1.09. The number of amides is 1. The summed E-state index contributed by atoms with van der Waals surface area (Å²) in [6, 6.07) is 10.0. The van der Waals surface area contributed by atoms with Crippen LogP contribution in [0.15, 0.2) is 35.7 Å². The number of hydrogen-bond acceptors (Lipinski definition) is 5. The Kier molecular flexibility index (Phi) is 5.41. The van der Waals surface area contributed by atoms with E-state index in [2.05, 4.69) is 11.4 Å². The van der Waals surface area contributed by atoms with Crippen molar-refractivity contribution >= 4 is 17.2 Å². The van der Waals surface area contributed by atoms with Gasteiger partial charge in [0.05, 0.1) is 12.6 Å². The number of carbonyl (C=O) groups excluding carboxylic acids is 1. The smallest absolute Gasteiger partial charge is 0.231 e. The Bertz CT molecular complexity index is 740. The highest BCUT2D eigenvalue weighted by Crippen LogP contribution is 2.32. The molecule has 0 spiro atoms. The van der Waals surface area contributed by atoms with Gasteiger partial charge in [0.25, 0.3) is 0 Å². The Morgan fingerprint density at radius 3 is 2.96 bits per heavy atom. The molecule has 3 heterocycles. The van der Waals surface area contributed by atoms with Crippen LogP contribution in [-0.4, -0.2) is 36.9 Å². The van der Waals surface area contributed by atoms with Gasteiger partial charge in [-0.1, -0.05) is 12.1 Å². The minimum absolute atomic E-state index is 0.171. The molecule has 0 saturated carbocycles. The maximum absolute atomic E-state index is 12.9. The van der Waals surface area contributed by atoms with E-state index in [-0.39, 0.29) is 18.8 Å². The lowest BCUT2D eigenvalue weighted by Gasteiger charge is -2.25. The van der Waals surface area contributed by atoms with Gasteiger partial charge in [-0.05, 0) is 48.4 Å². The summed E-state index contributed by atoms with van der Waals surface area (Å²) in [5.74, 6) is 1.72. The summed E-state index contributed by atoms with van der Waals surface area (Å²) >= 11 is 1.69. The standard InChI is InChI=1S/C20H23NO4S/c22-20(8-6-15-5-7-18-19(11-15)25-14-24-18)21(12-16-3-1-9-23-16)13-17-4-2-10-26-17/h2,4-5,7,10-11,16H,1,3,6,8-9,12-14H2. The quantitative estimate of drug-likeness (QED) is 0.744. The van der Waals surface area contributed by atoms with Crippen LogP contribution < -0.4 is 9.47 Å². The third kappa shape index (κ3) is 4.19. The van der Waals surface area contributed by atoms with Crippen molar-refractivity contribution < 1.29 is 19.0 Å². The summed E-state index contributed by atoms with van der Waals surface area (Å²) in [4.78, 5) is 16.0. The van der Waals surface area contributed by atoms with Gasteiger partial charge in [-0.15, -0.1) is 11.3 Å². The molecule has 0 N–H and O–H groups in total. The van der Waals surface area contributed by atoms with Crippen LogP contribution in [0.2, 0.25) is 0 Å². The van der Waals surface area contributed by atoms with E-state index in [1.165, 1.54) is 4.88 Å². The van der Waals surface area contributed by atoms with E-state index in [0.29, 0.717) is 25.9 Å². The molecule has 1 unspecified atom stereocenters. The SMILES string of the molecule is O=C(CCc1ccc2c(c1)OCO2)N(Cc1cccs1)CC1CCCO1. The van der Waals surface area contributed by atoms with Crippen LogP contribution in [0.5, 0.6) is 11.5 Å². The fourth-order valence-corrected chi connectivity index (χ4v) is 4.10. The van der Waals surface area contributed by atoms with Crippen LogP contribution >= 0.6 is 11.3 Å². The van der Waals surface area contributed by atoms with E-state index in [9.17, 15) is 4.79 Å². The molecule has 2 aliphatic heterocycles. The number of fused-ring (bicyclic) bond motifs is 1. The summed E-state index contributed by atoms with van der Waals surface area (Å²) in [6.45, 7) is 2.42. The molecule has 4 rings (SSSR count). The molecule has 5 nitrogen and oxygen atoms in total. The van der Waals surface area contributed by atoms with Gasteiger partial charge in [0.2, 0.25) is 12.7 Å². The Labute approximate surface area is 157 Å². The number of benzene rings is 1. The third-order valence-electron chi connectivity index (χ3n) is 4.79. The van der Waals surface area contributed by atoms with Crippen LogP contribution in [-0.2, 0) is 22.5 Å². The fourth-order valence-electron chi connectivity index (χ4n) is 3.39. The normalized spacial score (nSPS) is 18.2. The number of aryl methyl sites for hydroxylation is 1. The van der Waals surface area contributed by atoms with Gasteiger partial charge in [-0.2, -0.15) is 0 Å². The number of carbonyl (C=O) groups is 1. The van der Waals surface area contributed by atoms with E-state index in [1.807, 2.05) is 29.2 Å². The first-order valence-electron chi connectivity index (χ1n) is 9.08. The minimum atomic E-state index is 0.171.